The summed E-state index contributed by atoms with van der Waals surface area (Å²) in [6.07, 6.45) is -4.81. The largest absolute Gasteiger partial charge is 0.478 e. The summed E-state index contributed by atoms with van der Waals surface area (Å²) in [5.74, 6) is -1.47. The average molecular weight is 192 g/mol. The number of alkyl halides is 3. The molecule has 13 heavy (non-hydrogen) atoms. The van der Waals surface area contributed by atoms with Crippen molar-refractivity contribution in [3.8, 4) is 0 Å². The van der Waals surface area contributed by atoms with E-state index in [1.807, 2.05) is 0 Å². The summed E-state index contributed by atoms with van der Waals surface area (Å²) < 4.78 is 50.8. The van der Waals surface area contributed by atoms with Crippen LogP contribution in [0.1, 0.15) is 18.7 Å². The van der Waals surface area contributed by atoms with Gasteiger partial charge >= 0.3 is 12.1 Å². The Morgan fingerprint density at radius 2 is 1.85 bits per heavy atom. The third kappa shape index (κ3) is 2.21. The molecule has 0 aliphatic carbocycles. The molecule has 5 heteroatoms. The molecular formula is C8H5F3O2. The van der Waals surface area contributed by atoms with Crippen molar-refractivity contribution in [1.82, 2.24) is 0 Å². The number of hydrogen-bond acceptors (Lipinski definition) is 1. The minimum absolute atomic E-state index is 0.502. The summed E-state index contributed by atoms with van der Waals surface area (Å²) in [7, 11) is 0. The van der Waals surface area contributed by atoms with Crippen LogP contribution in [0.15, 0.2) is 24.2 Å². The molecule has 0 fully saturated rings. The van der Waals surface area contributed by atoms with Gasteiger partial charge in [-0.05, 0) is 24.2 Å². The molecule has 0 amide bonds. The fourth-order valence-corrected chi connectivity index (χ4v) is 0.670. The fourth-order valence-electron chi connectivity index (χ4n) is 0.670. The Morgan fingerprint density at radius 3 is 2.15 bits per heavy atom. The molecule has 0 saturated heterocycles. The predicted molar refractivity (Wildman–Crippen MR) is 38.4 cm³/mol. The van der Waals surface area contributed by atoms with E-state index in [1.165, 1.54) is 0 Å². The summed E-state index contributed by atoms with van der Waals surface area (Å²) >= 11 is 0. The molecule has 0 aliphatic heterocycles. The fraction of sp³-hybridized carbons (Fsp3) is 0.125. The summed E-state index contributed by atoms with van der Waals surface area (Å²) in [4.78, 5) is 10.4. The van der Waals surface area contributed by atoms with E-state index in [1.54, 1.807) is 0 Å². The molecule has 0 atom stereocenters. The van der Waals surface area contributed by atoms with E-state index >= 15 is 0 Å². The van der Waals surface area contributed by atoms with Gasteiger partial charge in [-0.2, -0.15) is 13.2 Å². The monoisotopic (exact) mass is 192 g/mol. The van der Waals surface area contributed by atoms with Gasteiger partial charge in [0.25, 0.3) is 0 Å². The number of rotatable bonds is 1. The van der Waals surface area contributed by atoms with Crippen LogP contribution in [-0.4, -0.2) is 11.1 Å². The number of benzene rings is 1. The highest BCUT2D eigenvalue weighted by molar-refractivity contribution is 5.87. The summed E-state index contributed by atoms with van der Waals surface area (Å²) in [6.45, 7) is 0. The molecule has 0 bridgehead atoms. The molecule has 0 spiro atoms. The first kappa shape index (κ1) is 6.94. The van der Waals surface area contributed by atoms with E-state index in [-0.39, 0.29) is 0 Å². The van der Waals surface area contributed by atoms with Crippen LogP contribution in [0, 0.1) is 0 Å². The Hall–Kier alpha value is -1.52. The number of carboxylic acid groups (broad SMARTS) is 1. The van der Waals surface area contributed by atoms with E-state index in [0.717, 1.165) is 0 Å². The molecule has 1 aromatic rings. The molecular weight excluding hydrogens is 185 g/mol. The van der Waals surface area contributed by atoms with Crippen LogP contribution in [0.5, 0.6) is 0 Å². The lowest BCUT2D eigenvalue weighted by Crippen LogP contribution is -2.05. The van der Waals surface area contributed by atoms with Crippen LogP contribution in [-0.2, 0) is 6.18 Å². The van der Waals surface area contributed by atoms with Gasteiger partial charge in [0.15, 0.2) is 0 Å². The van der Waals surface area contributed by atoms with E-state index < -0.39 is 35.4 Å². The van der Waals surface area contributed by atoms with Crippen molar-refractivity contribution < 1.29 is 25.8 Å². The summed E-state index contributed by atoms with van der Waals surface area (Å²) in [5.41, 5.74) is -1.93. The quantitative estimate of drug-likeness (QED) is 0.741. The number of carboxylic acids is 1. The second kappa shape index (κ2) is 3.08. The van der Waals surface area contributed by atoms with Gasteiger partial charge in [-0.1, -0.05) is 0 Å². The normalized spacial score (nSPS) is 13.5. The van der Waals surface area contributed by atoms with Crippen LogP contribution in [0.4, 0.5) is 13.2 Å². The lowest BCUT2D eigenvalue weighted by molar-refractivity contribution is -0.137. The van der Waals surface area contributed by atoms with E-state index in [4.69, 9.17) is 7.85 Å². The second-order valence-electron chi connectivity index (χ2n) is 2.21. The third-order valence-electron chi connectivity index (χ3n) is 1.27. The lowest BCUT2D eigenvalue weighted by Gasteiger charge is -2.05. The number of aromatic carboxylic acids is 1. The van der Waals surface area contributed by atoms with Crippen molar-refractivity contribution >= 4 is 5.97 Å². The molecule has 1 N–H and O–H groups in total. The Balaban J connectivity index is 3.41. The molecule has 1 aromatic carbocycles. The topological polar surface area (TPSA) is 37.3 Å². The lowest BCUT2D eigenvalue weighted by atomic mass is 10.1. The molecule has 0 unspecified atom stereocenters. The van der Waals surface area contributed by atoms with Gasteiger partial charge < -0.3 is 5.11 Å². The van der Waals surface area contributed by atoms with E-state index in [2.05, 4.69) is 0 Å². The van der Waals surface area contributed by atoms with Crippen molar-refractivity contribution in [1.29, 1.82) is 0 Å². The maximum atomic E-state index is 12.3. The van der Waals surface area contributed by atoms with Crippen molar-refractivity contribution in [2.75, 3.05) is 0 Å². The van der Waals surface area contributed by atoms with Crippen molar-refractivity contribution in [2.24, 2.45) is 0 Å². The van der Waals surface area contributed by atoms with Crippen LogP contribution >= 0.6 is 0 Å². The number of halogens is 3. The second-order valence-corrected chi connectivity index (χ2v) is 2.21. The van der Waals surface area contributed by atoms with Gasteiger partial charge in [0.2, 0.25) is 0 Å². The summed E-state index contributed by atoms with van der Waals surface area (Å²) in [5, 5.41) is 8.48. The van der Waals surface area contributed by atoms with Crippen LogP contribution in [0.3, 0.4) is 0 Å². The van der Waals surface area contributed by atoms with Gasteiger partial charge in [-0.15, -0.1) is 0 Å². The van der Waals surface area contributed by atoms with E-state index in [9.17, 15) is 18.0 Å². The molecule has 70 valence electrons. The Bertz CT molecular complexity index is 392. The molecule has 0 heterocycles. The smallest absolute Gasteiger partial charge is 0.416 e. The zero-order valence-corrected chi connectivity index (χ0v) is 6.14. The summed E-state index contributed by atoms with van der Waals surface area (Å²) in [6, 6.07) is -0.869. The van der Waals surface area contributed by atoms with Crippen molar-refractivity contribution in [2.45, 2.75) is 6.18 Å². The van der Waals surface area contributed by atoms with Crippen LogP contribution in [0.2, 0.25) is 0 Å². The number of hydrogen-bond donors (Lipinski definition) is 1. The molecule has 0 aliphatic rings. The first-order chi connectivity index (χ1) is 6.73. The Kier molecular flexibility index (Phi) is 1.65. The minimum Gasteiger partial charge on any atom is -0.478 e. The zero-order chi connectivity index (χ0) is 11.8. The molecule has 0 aromatic heterocycles. The highest BCUT2D eigenvalue weighted by Gasteiger charge is 2.30. The predicted octanol–water partition coefficient (Wildman–Crippen LogP) is 2.40. The van der Waals surface area contributed by atoms with Crippen LogP contribution < -0.4 is 0 Å². The average Bonchev–Trinajstić information content (AvgIpc) is 1.99. The standard InChI is InChI=1S/C8H5F3O2/c9-8(10,11)6-3-1-5(2-4-6)7(12)13/h1-4H,(H,12,13)/i3D,4D. The zero-order valence-electron chi connectivity index (χ0n) is 8.14. The first-order valence-electron chi connectivity index (χ1n) is 4.15. The molecule has 0 saturated carbocycles. The number of carbonyl (C=O) groups is 1. The molecule has 1 rings (SSSR count). The van der Waals surface area contributed by atoms with E-state index in [0.29, 0.717) is 12.1 Å². The maximum absolute atomic E-state index is 12.3. The van der Waals surface area contributed by atoms with Crippen molar-refractivity contribution in [3.63, 3.8) is 0 Å². The van der Waals surface area contributed by atoms with Gasteiger partial charge in [0.1, 0.15) is 0 Å². The Labute approximate surface area is 74.4 Å². The molecule has 0 radical (unpaired) electrons. The Morgan fingerprint density at radius 1 is 1.38 bits per heavy atom. The van der Waals surface area contributed by atoms with Crippen molar-refractivity contribution in [3.05, 3.63) is 35.3 Å². The first-order valence-corrected chi connectivity index (χ1v) is 3.15. The van der Waals surface area contributed by atoms with Crippen LogP contribution in [0.25, 0.3) is 0 Å². The van der Waals surface area contributed by atoms with Gasteiger partial charge in [0.05, 0.1) is 13.9 Å². The van der Waals surface area contributed by atoms with Gasteiger partial charge in [-0.25, -0.2) is 4.79 Å². The van der Waals surface area contributed by atoms with Gasteiger partial charge in [0, 0.05) is 0 Å². The maximum Gasteiger partial charge on any atom is 0.416 e. The highest BCUT2D eigenvalue weighted by atomic mass is 19.4. The molecule has 2 nitrogen and oxygen atoms in total. The third-order valence-corrected chi connectivity index (χ3v) is 1.27. The highest BCUT2D eigenvalue weighted by Crippen LogP contribution is 2.28. The minimum atomic E-state index is -4.81. The SMILES string of the molecule is [2H]c1cc(C(=O)O)cc([2H])c1C(F)(F)F. The van der Waals surface area contributed by atoms with Gasteiger partial charge in [-0.3, -0.25) is 0 Å².